The third kappa shape index (κ3) is 74.0. The number of hydrogen-bond donors (Lipinski definition) is 0. The molecular weight excluding hydrogens is 220 g/mol. The van der Waals surface area contributed by atoms with Gasteiger partial charge in [-0.2, -0.15) is 0 Å². The van der Waals surface area contributed by atoms with Crippen LogP contribution in [0.15, 0.2) is 0 Å². The van der Waals surface area contributed by atoms with E-state index in [2.05, 4.69) is 13.8 Å². The average Bonchev–Trinajstić information content (AvgIpc) is 2.22. The first kappa shape index (κ1) is 23.0. The van der Waals surface area contributed by atoms with Crippen molar-refractivity contribution >= 4 is 0 Å². The number of nitrogens with zero attached hydrogens (tertiary/aromatic N) is 2. The van der Waals surface area contributed by atoms with E-state index >= 15 is 0 Å². The second kappa shape index (κ2) is 22.1. The summed E-state index contributed by atoms with van der Waals surface area (Å²) in [5, 5.41) is 0. The molecule has 0 rings (SSSR count). The molecule has 0 heterocycles. The molecule has 0 fully saturated rings. The standard InChI is InChI=1S/C10H22.2C3H9N/c1-3-5-7-9-10-8-6-4-2;2*1-4(2)3/h3-10H2,1-2H3;2*1-3H3. The highest BCUT2D eigenvalue weighted by atomic mass is 15.0. The molecule has 0 unspecified atom stereocenters. The molecule has 2 heteroatoms. The Hall–Kier alpha value is -0.0800. The molecule has 0 saturated carbocycles. The second-order valence-electron chi connectivity index (χ2n) is 5.80. The molecular formula is C16H40N2. The molecule has 0 aromatic carbocycles. The summed E-state index contributed by atoms with van der Waals surface area (Å²) in [5.74, 6) is 0. The molecule has 2 nitrogen and oxygen atoms in total. The van der Waals surface area contributed by atoms with Crippen molar-refractivity contribution in [1.29, 1.82) is 0 Å². The lowest BCUT2D eigenvalue weighted by molar-refractivity contribution is 0.505. The Bertz CT molecular complexity index is 92.2. The summed E-state index contributed by atoms with van der Waals surface area (Å²) in [6, 6.07) is 0. The molecule has 0 aromatic rings. The van der Waals surface area contributed by atoms with E-state index < -0.39 is 0 Å². The van der Waals surface area contributed by atoms with Gasteiger partial charge >= 0.3 is 0 Å². The van der Waals surface area contributed by atoms with E-state index in [1.807, 2.05) is 52.1 Å². The van der Waals surface area contributed by atoms with Crippen LogP contribution in [0.1, 0.15) is 65.2 Å². The Morgan fingerprint density at radius 2 is 0.611 bits per heavy atom. The molecule has 0 aliphatic heterocycles. The highest BCUT2D eigenvalue weighted by Crippen LogP contribution is 2.07. The van der Waals surface area contributed by atoms with Crippen LogP contribution in [-0.2, 0) is 0 Å². The molecule has 18 heavy (non-hydrogen) atoms. The van der Waals surface area contributed by atoms with Crippen molar-refractivity contribution in [1.82, 2.24) is 9.80 Å². The summed E-state index contributed by atoms with van der Waals surface area (Å²) < 4.78 is 0. The average molecular weight is 261 g/mol. The van der Waals surface area contributed by atoms with Crippen LogP contribution in [0.4, 0.5) is 0 Å². The minimum Gasteiger partial charge on any atom is -0.312 e. The van der Waals surface area contributed by atoms with Gasteiger partial charge in [-0.15, -0.1) is 0 Å². The van der Waals surface area contributed by atoms with Gasteiger partial charge in [0.25, 0.3) is 0 Å². The van der Waals surface area contributed by atoms with Crippen LogP contribution in [0.5, 0.6) is 0 Å². The molecule has 0 amide bonds. The fourth-order valence-corrected chi connectivity index (χ4v) is 1.21. The summed E-state index contributed by atoms with van der Waals surface area (Å²) >= 11 is 0. The minimum atomic E-state index is 1.37. The summed E-state index contributed by atoms with van der Waals surface area (Å²) in [6.07, 6.45) is 11.5. The van der Waals surface area contributed by atoms with Crippen molar-refractivity contribution in [3.8, 4) is 0 Å². The van der Waals surface area contributed by atoms with Gasteiger partial charge in [0.15, 0.2) is 0 Å². The molecule has 0 N–H and O–H groups in total. The van der Waals surface area contributed by atoms with Crippen LogP contribution < -0.4 is 0 Å². The first-order chi connectivity index (χ1) is 8.38. The SMILES string of the molecule is CCCCCCCCCC.CN(C)C.CN(C)C. The van der Waals surface area contributed by atoms with Gasteiger partial charge < -0.3 is 9.80 Å². The molecule has 0 atom stereocenters. The van der Waals surface area contributed by atoms with Gasteiger partial charge in [-0.05, 0) is 42.3 Å². The van der Waals surface area contributed by atoms with Crippen molar-refractivity contribution in [3.63, 3.8) is 0 Å². The van der Waals surface area contributed by atoms with E-state index in [-0.39, 0.29) is 0 Å². The molecule has 0 aliphatic carbocycles. The summed E-state index contributed by atoms with van der Waals surface area (Å²) in [7, 11) is 12.0. The fraction of sp³-hybridized carbons (Fsp3) is 1.00. The van der Waals surface area contributed by atoms with Crippen molar-refractivity contribution in [2.24, 2.45) is 0 Å². The monoisotopic (exact) mass is 260 g/mol. The van der Waals surface area contributed by atoms with Gasteiger partial charge in [-0.25, -0.2) is 0 Å². The van der Waals surface area contributed by atoms with E-state index in [0.717, 1.165) is 0 Å². The van der Waals surface area contributed by atoms with Gasteiger partial charge in [0.05, 0.1) is 0 Å². The summed E-state index contributed by atoms with van der Waals surface area (Å²) in [4.78, 5) is 4.00. The number of unbranched alkanes of at least 4 members (excludes halogenated alkanes) is 7. The highest BCUT2D eigenvalue weighted by Gasteiger charge is 1.87. The topological polar surface area (TPSA) is 6.48 Å². The maximum absolute atomic E-state index is 2.27. The maximum Gasteiger partial charge on any atom is -0.0140 e. The Morgan fingerprint density at radius 1 is 0.444 bits per heavy atom. The van der Waals surface area contributed by atoms with Gasteiger partial charge in [0.2, 0.25) is 0 Å². The van der Waals surface area contributed by atoms with E-state index in [1.54, 1.807) is 0 Å². The zero-order valence-electron chi connectivity index (χ0n) is 14.6. The van der Waals surface area contributed by atoms with E-state index in [0.29, 0.717) is 0 Å². The van der Waals surface area contributed by atoms with Gasteiger partial charge in [0, 0.05) is 0 Å². The Balaban J connectivity index is -0.000000233. The highest BCUT2D eigenvalue weighted by molar-refractivity contribution is 4.43. The Kier molecular flexibility index (Phi) is 28.3. The lowest BCUT2D eigenvalue weighted by atomic mass is 10.1. The summed E-state index contributed by atoms with van der Waals surface area (Å²) in [6.45, 7) is 4.54. The molecule has 0 saturated heterocycles. The van der Waals surface area contributed by atoms with Gasteiger partial charge in [-0.3, -0.25) is 0 Å². The Morgan fingerprint density at radius 3 is 0.778 bits per heavy atom. The predicted octanol–water partition coefficient (Wildman–Crippen LogP) is 4.50. The zero-order chi connectivity index (χ0) is 14.8. The van der Waals surface area contributed by atoms with Crippen LogP contribution in [0.3, 0.4) is 0 Å². The number of hydrogen-bond acceptors (Lipinski definition) is 2. The van der Waals surface area contributed by atoms with Crippen molar-refractivity contribution < 1.29 is 0 Å². The zero-order valence-corrected chi connectivity index (χ0v) is 14.6. The number of rotatable bonds is 7. The van der Waals surface area contributed by atoms with Crippen molar-refractivity contribution in [3.05, 3.63) is 0 Å². The first-order valence-electron chi connectivity index (χ1n) is 7.60. The largest absolute Gasteiger partial charge is 0.312 e. The lowest BCUT2D eigenvalue weighted by Crippen LogP contribution is -1.99. The quantitative estimate of drug-likeness (QED) is 0.622. The molecule has 0 radical (unpaired) electrons. The lowest BCUT2D eigenvalue weighted by Gasteiger charge is -1.97. The Labute approximate surface area is 118 Å². The van der Waals surface area contributed by atoms with Crippen molar-refractivity contribution in [2.45, 2.75) is 65.2 Å². The molecule has 0 aromatic heterocycles. The third-order valence-corrected chi connectivity index (χ3v) is 1.96. The van der Waals surface area contributed by atoms with Gasteiger partial charge in [0.1, 0.15) is 0 Å². The molecule has 0 spiro atoms. The normalized spacial score (nSPS) is 9.67. The summed E-state index contributed by atoms with van der Waals surface area (Å²) in [5.41, 5.74) is 0. The molecule has 0 bridgehead atoms. The van der Waals surface area contributed by atoms with Crippen LogP contribution in [0, 0.1) is 0 Å². The third-order valence-electron chi connectivity index (χ3n) is 1.96. The first-order valence-corrected chi connectivity index (χ1v) is 7.60. The molecule has 0 aliphatic rings. The van der Waals surface area contributed by atoms with Crippen LogP contribution >= 0.6 is 0 Å². The van der Waals surface area contributed by atoms with Gasteiger partial charge in [-0.1, -0.05) is 65.2 Å². The second-order valence-corrected chi connectivity index (χ2v) is 5.80. The van der Waals surface area contributed by atoms with E-state index in [1.165, 1.54) is 51.4 Å². The molecule has 114 valence electrons. The van der Waals surface area contributed by atoms with Crippen LogP contribution in [0.2, 0.25) is 0 Å². The predicted molar refractivity (Wildman–Crippen MR) is 87.5 cm³/mol. The van der Waals surface area contributed by atoms with Crippen molar-refractivity contribution in [2.75, 3.05) is 42.3 Å². The maximum atomic E-state index is 2.27. The van der Waals surface area contributed by atoms with E-state index in [4.69, 9.17) is 0 Å². The van der Waals surface area contributed by atoms with E-state index in [9.17, 15) is 0 Å². The van der Waals surface area contributed by atoms with Crippen LogP contribution in [-0.4, -0.2) is 52.1 Å². The minimum absolute atomic E-state index is 1.37. The van der Waals surface area contributed by atoms with Crippen LogP contribution in [0.25, 0.3) is 0 Å². The fourth-order valence-electron chi connectivity index (χ4n) is 1.21. The smallest absolute Gasteiger partial charge is 0.0140 e.